The number of aliphatic hydroxyl groups excluding tert-OH is 1. The van der Waals surface area contributed by atoms with E-state index in [1.807, 2.05) is 41.9 Å². The van der Waals surface area contributed by atoms with Gasteiger partial charge in [-0.05, 0) is 25.0 Å². The van der Waals surface area contributed by atoms with Gasteiger partial charge in [-0.3, -0.25) is 0 Å². The summed E-state index contributed by atoms with van der Waals surface area (Å²) >= 11 is 0. The molecule has 3 rings (SSSR count). The third-order valence-corrected chi connectivity index (χ3v) is 3.62. The molecule has 2 aromatic heterocycles. The molecule has 0 bridgehead atoms. The summed E-state index contributed by atoms with van der Waals surface area (Å²) in [5, 5.41) is 10.2. The molecule has 0 aromatic carbocycles. The molecule has 112 valence electrons. The summed E-state index contributed by atoms with van der Waals surface area (Å²) in [6, 6.07) is 3.92. The zero-order valence-corrected chi connectivity index (χ0v) is 12.3. The topological polar surface area (TPSA) is 62.9 Å². The van der Waals surface area contributed by atoms with Crippen molar-refractivity contribution in [1.29, 1.82) is 0 Å². The summed E-state index contributed by atoms with van der Waals surface area (Å²) in [5.74, 6) is 0. The normalized spacial score (nSPS) is 22.4. The van der Waals surface area contributed by atoms with E-state index in [4.69, 9.17) is 4.74 Å². The molecule has 1 aliphatic heterocycles. The van der Waals surface area contributed by atoms with Crippen LogP contribution in [0.3, 0.4) is 0 Å². The molecule has 0 spiro atoms. The Morgan fingerprint density at radius 1 is 1.48 bits per heavy atom. The zero-order chi connectivity index (χ0) is 14.8. The van der Waals surface area contributed by atoms with E-state index < -0.39 is 0 Å². The fourth-order valence-electron chi connectivity index (χ4n) is 2.59. The van der Waals surface area contributed by atoms with Gasteiger partial charge in [-0.25, -0.2) is 9.98 Å². The van der Waals surface area contributed by atoms with Crippen molar-refractivity contribution >= 4 is 23.1 Å². The average molecular weight is 288 g/mol. The van der Waals surface area contributed by atoms with Crippen molar-refractivity contribution in [3.05, 3.63) is 24.5 Å². The SMILES string of the molecule is CN(C)C=Nc1ccnc2c1ccn2[C@H]1CC[C@@H](CO)O1. The number of aromatic nitrogens is 2. The highest BCUT2D eigenvalue weighted by molar-refractivity contribution is 5.89. The summed E-state index contributed by atoms with van der Waals surface area (Å²) < 4.78 is 7.85. The number of nitrogens with zero attached hydrogens (tertiary/aromatic N) is 4. The number of hydrogen-bond donors (Lipinski definition) is 1. The Morgan fingerprint density at radius 2 is 2.33 bits per heavy atom. The van der Waals surface area contributed by atoms with Gasteiger partial charge in [0.05, 0.1) is 24.7 Å². The van der Waals surface area contributed by atoms with Gasteiger partial charge < -0.3 is 19.3 Å². The van der Waals surface area contributed by atoms with Crippen LogP contribution in [0.4, 0.5) is 5.69 Å². The largest absolute Gasteiger partial charge is 0.394 e. The van der Waals surface area contributed by atoms with Gasteiger partial charge in [0.2, 0.25) is 0 Å². The first-order valence-electron chi connectivity index (χ1n) is 7.11. The second-order valence-corrected chi connectivity index (χ2v) is 5.47. The van der Waals surface area contributed by atoms with Gasteiger partial charge in [0, 0.05) is 31.9 Å². The smallest absolute Gasteiger partial charge is 0.144 e. The Bertz CT molecular complexity index is 650. The summed E-state index contributed by atoms with van der Waals surface area (Å²) in [7, 11) is 3.88. The summed E-state index contributed by atoms with van der Waals surface area (Å²) in [5.41, 5.74) is 1.76. The van der Waals surface area contributed by atoms with E-state index in [1.54, 1.807) is 12.5 Å². The molecule has 1 fully saturated rings. The Balaban J connectivity index is 1.94. The second-order valence-electron chi connectivity index (χ2n) is 5.47. The molecule has 1 N–H and O–H groups in total. The molecule has 2 aromatic rings. The van der Waals surface area contributed by atoms with Crippen LogP contribution in [0, 0.1) is 0 Å². The van der Waals surface area contributed by atoms with Crippen LogP contribution in [0.5, 0.6) is 0 Å². The highest BCUT2D eigenvalue weighted by Crippen LogP contribution is 2.33. The predicted octanol–water partition coefficient (Wildman–Crippen LogP) is 1.93. The lowest BCUT2D eigenvalue weighted by molar-refractivity contribution is -0.0204. The van der Waals surface area contributed by atoms with Gasteiger partial charge in [-0.15, -0.1) is 0 Å². The van der Waals surface area contributed by atoms with Gasteiger partial charge in [0.25, 0.3) is 0 Å². The molecule has 0 unspecified atom stereocenters. The molecule has 1 saturated heterocycles. The highest BCUT2D eigenvalue weighted by Gasteiger charge is 2.27. The fourth-order valence-corrected chi connectivity index (χ4v) is 2.59. The number of hydrogen-bond acceptors (Lipinski definition) is 4. The van der Waals surface area contributed by atoms with E-state index in [0.717, 1.165) is 29.6 Å². The maximum absolute atomic E-state index is 9.19. The predicted molar refractivity (Wildman–Crippen MR) is 81.8 cm³/mol. The quantitative estimate of drug-likeness (QED) is 0.690. The monoisotopic (exact) mass is 288 g/mol. The van der Waals surface area contributed by atoms with Crippen molar-refractivity contribution < 1.29 is 9.84 Å². The number of pyridine rings is 1. The highest BCUT2D eigenvalue weighted by atomic mass is 16.5. The molecule has 0 saturated carbocycles. The number of aliphatic imine (C=N–C) groups is 1. The van der Waals surface area contributed by atoms with E-state index in [0.29, 0.717) is 0 Å². The van der Waals surface area contributed by atoms with Crippen molar-refractivity contribution in [3.8, 4) is 0 Å². The zero-order valence-electron chi connectivity index (χ0n) is 12.3. The third-order valence-electron chi connectivity index (χ3n) is 3.62. The van der Waals surface area contributed by atoms with Crippen molar-refractivity contribution in [1.82, 2.24) is 14.5 Å². The molecular weight excluding hydrogens is 268 g/mol. The average Bonchev–Trinajstić information content (AvgIpc) is 3.10. The van der Waals surface area contributed by atoms with Crippen molar-refractivity contribution in [2.75, 3.05) is 20.7 Å². The lowest BCUT2D eigenvalue weighted by Gasteiger charge is -2.14. The maximum Gasteiger partial charge on any atom is 0.144 e. The summed E-state index contributed by atoms with van der Waals surface area (Å²) in [6.45, 7) is 0.0709. The lowest BCUT2D eigenvalue weighted by Crippen LogP contribution is -2.14. The van der Waals surface area contributed by atoms with Crippen LogP contribution in [0.2, 0.25) is 0 Å². The molecule has 6 heteroatoms. The van der Waals surface area contributed by atoms with E-state index in [2.05, 4.69) is 9.98 Å². The lowest BCUT2D eigenvalue weighted by atomic mass is 10.2. The Hall–Kier alpha value is -1.92. The van der Waals surface area contributed by atoms with Gasteiger partial charge in [-0.2, -0.15) is 0 Å². The number of rotatable bonds is 4. The number of aliphatic hydroxyl groups is 1. The van der Waals surface area contributed by atoms with E-state index in [-0.39, 0.29) is 18.9 Å². The molecule has 0 aliphatic carbocycles. The second kappa shape index (κ2) is 5.83. The first kappa shape index (κ1) is 14.0. The van der Waals surface area contributed by atoms with Crippen LogP contribution in [0.15, 0.2) is 29.5 Å². The minimum absolute atomic E-state index is 0.0553. The van der Waals surface area contributed by atoms with Gasteiger partial charge in [0.1, 0.15) is 11.9 Å². The van der Waals surface area contributed by atoms with E-state index in [9.17, 15) is 5.11 Å². The van der Waals surface area contributed by atoms with Crippen LogP contribution < -0.4 is 0 Å². The van der Waals surface area contributed by atoms with Crippen LogP contribution in [-0.4, -0.2) is 52.7 Å². The Labute approximate surface area is 123 Å². The Morgan fingerprint density at radius 3 is 3.05 bits per heavy atom. The first-order valence-corrected chi connectivity index (χ1v) is 7.11. The van der Waals surface area contributed by atoms with Crippen LogP contribution in [0.25, 0.3) is 11.0 Å². The minimum Gasteiger partial charge on any atom is -0.394 e. The molecule has 1 aliphatic rings. The molecule has 2 atom stereocenters. The van der Waals surface area contributed by atoms with E-state index >= 15 is 0 Å². The number of fused-ring (bicyclic) bond motifs is 1. The van der Waals surface area contributed by atoms with Crippen molar-refractivity contribution in [2.24, 2.45) is 4.99 Å². The van der Waals surface area contributed by atoms with Crippen molar-refractivity contribution in [2.45, 2.75) is 25.2 Å². The first-order chi connectivity index (χ1) is 10.2. The molecule has 3 heterocycles. The maximum atomic E-state index is 9.19. The van der Waals surface area contributed by atoms with Crippen LogP contribution in [0.1, 0.15) is 19.1 Å². The minimum atomic E-state index is -0.0672. The number of ether oxygens (including phenoxy) is 1. The van der Waals surface area contributed by atoms with Crippen LogP contribution in [-0.2, 0) is 4.74 Å². The molecule has 21 heavy (non-hydrogen) atoms. The van der Waals surface area contributed by atoms with Crippen LogP contribution >= 0.6 is 0 Å². The van der Waals surface area contributed by atoms with Crippen molar-refractivity contribution in [3.63, 3.8) is 0 Å². The third kappa shape index (κ3) is 2.77. The molecule has 0 amide bonds. The summed E-state index contributed by atoms with van der Waals surface area (Å²) in [4.78, 5) is 10.8. The molecule has 0 radical (unpaired) electrons. The molecule has 6 nitrogen and oxygen atoms in total. The van der Waals surface area contributed by atoms with Gasteiger partial charge in [-0.1, -0.05) is 0 Å². The van der Waals surface area contributed by atoms with E-state index in [1.165, 1.54) is 0 Å². The fraction of sp³-hybridized carbons (Fsp3) is 0.467. The molecular formula is C15H20N4O2. The standard InChI is InChI=1S/C15H20N4O2/c1-18(2)10-17-13-5-7-16-15-12(13)6-8-19(15)14-4-3-11(9-20)21-14/h5-8,10-11,14,20H,3-4,9H2,1-2H3/t11-,14+/m0/s1. The van der Waals surface area contributed by atoms with Gasteiger partial charge in [0.15, 0.2) is 0 Å². The Kier molecular flexibility index (Phi) is 3.90. The van der Waals surface area contributed by atoms with Gasteiger partial charge >= 0.3 is 0 Å². The summed E-state index contributed by atoms with van der Waals surface area (Å²) in [6.07, 6.45) is 7.17.